The first-order valence-corrected chi connectivity index (χ1v) is 6.67. The van der Waals surface area contributed by atoms with Crippen molar-refractivity contribution in [3.63, 3.8) is 0 Å². The molecule has 1 aromatic carbocycles. The van der Waals surface area contributed by atoms with Gasteiger partial charge in [-0.3, -0.25) is 10.1 Å². The van der Waals surface area contributed by atoms with Gasteiger partial charge in [-0.15, -0.1) is 0 Å². The number of aliphatic hydroxyl groups excluding tert-OH is 1. The number of aliphatic hydroxyl groups is 1. The molecule has 2 N–H and O–H groups in total. The maximum absolute atomic E-state index is 12.9. The Bertz CT molecular complexity index is 404. The van der Waals surface area contributed by atoms with E-state index in [1.54, 1.807) is 11.8 Å². The minimum atomic E-state index is -0.621. The number of halogens is 1. The van der Waals surface area contributed by atoms with Crippen LogP contribution in [0, 0.1) is 15.9 Å². The molecule has 0 fully saturated rings. The van der Waals surface area contributed by atoms with Crippen molar-refractivity contribution >= 4 is 23.1 Å². The normalized spacial score (nSPS) is 10.3. The molecule has 0 aliphatic rings. The lowest BCUT2D eigenvalue weighted by Gasteiger charge is -2.06. The fourth-order valence-corrected chi connectivity index (χ4v) is 2.12. The summed E-state index contributed by atoms with van der Waals surface area (Å²) in [6.07, 6.45) is 0.737. The van der Waals surface area contributed by atoms with Gasteiger partial charge in [0.1, 0.15) is 11.5 Å². The van der Waals surface area contributed by atoms with Crippen molar-refractivity contribution in [1.29, 1.82) is 0 Å². The highest BCUT2D eigenvalue weighted by Gasteiger charge is 2.14. The highest BCUT2D eigenvalue weighted by atomic mass is 32.2. The summed E-state index contributed by atoms with van der Waals surface area (Å²) in [6.45, 7) is 0.729. The molecule has 0 unspecified atom stereocenters. The van der Waals surface area contributed by atoms with Gasteiger partial charge in [-0.1, -0.05) is 0 Å². The van der Waals surface area contributed by atoms with Gasteiger partial charge in [0.05, 0.1) is 11.0 Å². The zero-order valence-electron chi connectivity index (χ0n) is 9.76. The second-order valence-corrected chi connectivity index (χ2v) is 4.76. The van der Waals surface area contributed by atoms with Gasteiger partial charge >= 0.3 is 0 Å². The molecular formula is C11H15FN2O3S. The number of hydrogen-bond acceptors (Lipinski definition) is 5. The average molecular weight is 274 g/mol. The molecule has 5 nitrogen and oxygen atoms in total. The Kier molecular flexibility index (Phi) is 6.45. The lowest BCUT2D eigenvalue weighted by Crippen LogP contribution is -2.07. The van der Waals surface area contributed by atoms with Gasteiger partial charge in [-0.25, -0.2) is 4.39 Å². The van der Waals surface area contributed by atoms with E-state index in [-0.39, 0.29) is 12.3 Å². The third kappa shape index (κ3) is 4.89. The van der Waals surface area contributed by atoms with Crippen LogP contribution in [0.1, 0.15) is 6.42 Å². The molecule has 0 spiro atoms. The van der Waals surface area contributed by atoms with Gasteiger partial charge in [0.25, 0.3) is 5.69 Å². The maximum atomic E-state index is 12.9. The van der Waals surface area contributed by atoms with Gasteiger partial charge in [0.15, 0.2) is 0 Å². The average Bonchev–Trinajstić information content (AvgIpc) is 2.35. The second kappa shape index (κ2) is 7.88. The van der Waals surface area contributed by atoms with Crippen LogP contribution < -0.4 is 5.32 Å². The van der Waals surface area contributed by atoms with Crippen molar-refractivity contribution in [2.45, 2.75) is 6.42 Å². The number of hydrogen-bond donors (Lipinski definition) is 2. The standard InChI is InChI=1S/C11H15FN2O3S/c12-9-2-3-10(11(8-9)14(16)17)13-4-7-18-6-1-5-15/h2-3,8,13,15H,1,4-7H2. The first kappa shape index (κ1) is 14.7. The SMILES string of the molecule is O=[N+]([O-])c1cc(F)ccc1NCCSCCCO. The lowest BCUT2D eigenvalue weighted by atomic mass is 10.2. The molecule has 0 radical (unpaired) electrons. The Morgan fingerprint density at radius 1 is 1.44 bits per heavy atom. The van der Waals surface area contributed by atoms with Crippen LogP contribution in [0.15, 0.2) is 18.2 Å². The lowest BCUT2D eigenvalue weighted by molar-refractivity contribution is -0.384. The van der Waals surface area contributed by atoms with E-state index >= 15 is 0 Å². The number of anilines is 1. The van der Waals surface area contributed by atoms with Gasteiger partial charge < -0.3 is 10.4 Å². The number of nitro groups is 1. The van der Waals surface area contributed by atoms with Crippen molar-refractivity contribution in [2.75, 3.05) is 30.0 Å². The Hall–Kier alpha value is -1.34. The summed E-state index contributed by atoms with van der Waals surface area (Å²) in [5, 5.41) is 22.2. The number of nitrogens with zero attached hydrogens (tertiary/aromatic N) is 1. The Balaban J connectivity index is 2.44. The van der Waals surface area contributed by atoms with E-state index in [2.05, 4.69) is 5.32 Å². The predicted molar refractivity (Wildman–Crippen MR) is 70.6 cm³/mol. The van der Waals surface area contributed by atoms with Crippen molar-refractivity contribution in [2.24, 2.45) is 0 Å². The molecule has 0 bridgehead atoms. The van der Waals surface area contributed by atoms with Crippen LogP contribution in [-0.4, -0.2) is 34.7 Å². The van der Waals surface area contributed by atoms with E-state index in [0.29, 0.717) is 12.2 Å². The van der Waals surface area contributed by atoms with Gasteiger partial charge in [0, 0.05) is 18.9 Å². The Morgan fingerprint density at radius 2 is 2.22 bits per heavy atom. The zero-order chi connectivity index (χ0) is 13.4. The third-order valence-corrected chi connectivity index (χ3v) is 3.24. The summed E-state index contributed by atoms with van der Waals surface area (Å²) in [5.41, 5.74) is 0.0690. The molecule has 100 valence electrons. The first-order valence-electron chi connectivity index (χ1n) is 5.51. The summed E-state index contributed by atoms with van der Waals surface area (Å²) in [6, 6.07) is 3.46. The van der Waals surface area contributed by atoms with E-state index in [1.807, 2.05) is 0 Å². The second-order valence-electron chi connectivity index (χ2n) is 3.53. The molecule has 0 aliphatic heterocycles. The molecule has 7 heteroatoms. The maximum Gasteiger partial charge on any atom is 0.295 e. The molecule has 0 heterocycles. The number of benzene rings is 1. The monoisotopic (exact) mass is 274 g/mol. The highest BCUT2D eigenvalue weighted by molar-refractivity contribution is 7.99. The van der Waals surface area contributed by atoms with E-state index < -0.39 is 10.7 Å². The van der Waals surface area contributed by atoms with E-state index in [9.17, 15) is 14.5 Å². The van der Waals surface area contributed by atoms with Gasteiger partial charge in [0.2, 0.25) is 0 Å². The van der Waals surface area contributed by atoms with Gasteiger partial charge in [-0.2, -0.15) is 11.8 Å². The third-order valence-electron chi connectivity index (χ3n) is 2.17. The van der Waals surface area contributed by atoms with Crippen LogP contribution >= 0.6 is 11.8 Å². The molecule has 1 rings (SSSR count). The van der Waals surface area contributed by atoms with Crippen molar-refractivity contribution in [1.82, 2.24) is 0 Å². The summed E-state index contributed by atoms with van der Waals surface area (Å²) in [7, 11) is 0. The molecule has 0 saturated carbocycles. The van der Waals surface area contributed by atoms with Crippen molar-refractivity contribution in [3.05, 3.63) is 34.1 Å². The smallest absolute Gasteiger partial charge is 0.295 e. The van der Waals surface area contributed by atoms with Crippen molar-refractivity contribution in [3.8, 4) is 0 Å². The number of thioether (sulfide) groups is 1. The van der Waals surface area contributed by atoms with Crippen LogP contribution in [0.3, 0.4) is 0 Å². The molecule has 0 aromatic heterocycles. The predicted octanol–water partition coefficient (Wildman–Crippen LogP) is 2.26. The fourth-order valence-electron chi connectivity index (χ4n) is 1.33. The molecular weight excluding hydrogens is 259 g/mol. The topological polar surface area (TPSA) is 75.4 Å². The number of nitro benzene ring substituents is 1. The van der Waals surface area contributed by atoms with Gasteiger partial charge in [-0.05, 0) is 24.3 Å². The summed E-state index contributed by atoms with van der Waals surface area (Å²) in [4.78, 5) is 10.1. The molecule has 0 saturated heterocycles. The Morgan fingerprint density at radius 3 is 2.89 bits per heavy atom. The fraction of sp³-hybridized carbons (Fsp3) is 0.455. The van der Waals surface area contributed by atoms with Crippen LogP contribution in [0.25, 0.3) is 0 Å². The van der Waals surface area contributed by atoms with E-state index in [0.717, 1.165) is 24.0 Å². The van der Waals surface area contributed by atoms with Crippen LogP contribution in [0.5, 0.6) is 0 Å². The van der Waals surface area contributed by atoms with Crippen LogP contribution in [0.2, 0.25) is 0 Å². The van der Waals surface area contributed by atoms with Crippen LogP contribution in [0.4, 0.5) is 15.8 Å². The largest absolute Gasteiger partial charge is 0.396 e. The van der Waals surface area contributed by atoms with E-state index in [1.165, 1.54) is 12.1 Å². The number of nitrogens with one attached hydrogen (secondary N) is 1. The molecule has 0 aliphatic carbocycles. The van der Waals surface area contributed by atoms with E-state index in [4.69, 9.17) is 5.11 Å². The molecule has 0 amide bonds. The van der Waals surface area contributed by atoms with Crippen molar-refractivity contribution < 1.29 is 14.4 Å². The number of rotatable bonds is 8. The molecule has 1 aromatic rings. The molecule has 0 atom stereocenters. The Labute approximate surface area is 109 Å². The summed E-state index contributed by atoms with van der Waals surface area (Å²) < 4.78 is 12.9. The highest BCUT2D eigenvalue weighted by Crippen LogP contribution is 2.24. The zero-order valence-corrected chi connectivity index (χ0v) is 10.6. The van der Waals surface area contributed by atoms with Crippen LogP contribution in [-0.2, 0) is 0 Å². The summed E-state index contributed by atoms with van der Waals surface area (Å²) >= 11 is 1.65. The quantitative estimate of drug-likeness (QED) is 0.432. The summed E-state index contributed by atoms with van der Waals surface area (Å²) in [5.74, 6) is 1.00. The molecule has 18 heavy (non-hydrogen) atoms. The first-order chi connectivity index (χ1) is 8.65. The minimum absolute atomic E-state index is 0.170. The minimum Gasteiger partial charge on any atom is -0.396 e.